The summed E-state index contributed by atoms with van der Waals surface area (Å²) in [7, 11) is 0. The van der Waals surface area contributed by atoms with E-state index >= 15 is 0 Å². The Labute approximate surface area is 165 Å². The van der Waals surface area contributed by atoms with E-state index in [2.05, 4.69) is 60.7 Å². The number of nitrogens with zero attached hydrogens (tertiary/aromatic N) is 1. The van der Waals surface area contributed by atoms with Gasteiger partial charge in [0.05, 0.1) is 5.69 Å². The second kappa shape index (κ2) is 8.21. The van der Waals surface area contributed by atoms with Gasteiger partial charge in [0.25, 0.3) is 0 Å². The summed E-state index contributed by atoms with van der Waals surface area (Å²) >= 11 is 1.40. The van der Waals surface area contributed by atoms with E-state index in [1.165, 1.54) is 16.9 Å². The highest BCUT2D eigenvalue weighted by Gasteiger charge is 2.20. The van der Waals surface area contributed by atoms with Crippen LogP contribution < -0.4 is 10.6 Å². The Morgan fingerprint density at radius 3 is 2.22 bits per heavy atom. The first-order chi connectivity index (χ1) is 12.5. The average Bonchev–Trinajstić information content (AvgIpc) is 3.01. The van der Waals surface area contributed by atoms with Crippen LogP contribution in [0.25, 0.3) is 11.3 Å². The molecule has 2 aromatic rings. The van der Waals surface area contributed by atoms with Crippen LogP contribution in [0.3, 0.4) is 0 Å². The number of aromatic nitrogens is 1. The maximum Gasteiger partial charge on any atom is 0.227 e. The fraction of sp³-hybridized carbons (Fsp3) is 0.476. The molecule has 0 bridgehead atoms. The predicted molar refractivity (Wildman–Crippen MR) is 112 cm³/mol. The molecule has 0 saturated carbocycles. The molecule has 0 aliphatic carbocycles. The molecule has 2 amide bonds. The highest BCUT2D eigenvalue weighted by molar-refractivity contribution is 7.14. The highest BCUT2D eigenvalue weighted by atomic mass is 32.1. The molecule has 2 N–H and O–H groups in total. The van der Waals surface area contributed by atoms with Gasteiger partial charge in [0.1, 0.15) is 0 Å². The Kier molecular flexibility index (Phi) is 6.42. The van der Waals surface area contributed by atoms with Gasteiger partial charge in [-0.25, -0.2) is 4.98 Å². The summed E-state index contributed by atoms with van der Waals surface area (Å²) in [5.41, 5.74) is 2.80. The van der Waals surface area contributed by atoms with Gasteiger partial charge >= 0.3 is 0 Å². The minimum Gasteiger partial charge on any atom is -0.355 e. The van der Waals surface area contributed by atoms with Crippen LogP contribution in [0.5, 0.6) is 0 Å². The van der Waals surface area contributed by atoms with E-state index in [9.17, 15) is 9.59 Å². The zero-order chi connectivity index (χ0) is 20.2. The molecular formula is C21H29N3O2S. The van der Waals surface area contributed by atoms with E-state index in [1.54, 1.807) is 0 Å². The Bertz CT molecular complexity index is 796. The molecule has 27 heavy (non-hydrogen) atoms. The molecule has 0 aliphatic heterocycles. The minimum absolute atomic E-state index is 0.0643. The van der Waals surface area contributed by atoms with Crippen LogP contribution in [0.1, 0.15) is 53.5 Å². The highest BCUT2D eigenvalue weighted by Crippen LogP contribution is 2.28. The van der Waals surface area contributed by atoms with Gasteiger partial charge < -0.3 is 10.6 Å². The predicted octanol–water partition coefficient (Wildman–Crippen LogP) is 4.60. The van der Waals surface area contributed by atoms with E-state index in [1.807, 2.05) is 26.2 Å². The van der Waals surface area contributed by atoms with E-state index in [0.29, 0.717) is 11.7 Å². The molecule has 2 rings (SSSR count). The zero-order valence-corrected chi connectivity index (χ0v) is 17.8. The van der Waals surface area contributed by atoms with Gasteiger partial charge in [-0.1, -0.05) is 65.8 Å². The van der Waals surface area contributed by atoms with Crippen LogP contribution in [-0.4, -0.2) is 23.3 Å². The number of amides is 2. The first kappa shape index (κ1) is 21.1. The molecule has 1 aromatic carbocycles. The quantitative estimate of drug-likeness (QED) is 0.788. The largest absolute Gasteiger partial charge is 0.355 e. The molecule has 0 atom stereocenters. The number of hydrogen-bond acceptors (Lipinski definition) is 4. The minimum atomic E-state index is -0.455. The second-order valence-corrected chi connectivity index (χ2v) is 9.53. The maximum absolute atomic E-state index is 12.0. The molecule has 1 aromatic heterocycles. The summed E-state index contributed by atoms with van der Waals surface area (Å²) in [4.78, 5) is 28.3. The average molecular weight is 388 g/mol. The molecule has 0 aliphatic rings. The number of benzene rings is 1. The van der Waals surface area contributed by atoms with Crippen molar-refractivity contribution >= 4 is 28.3 Å². The SMILES string of the molecule is CC(C)(C)C(=O)NCCC(=O)Nc1nc(-c2ccc(C(C)(C)C)cc2)cs1. The normalized spacial score (nSPS) is 11.9. The summed E-state index contributed by atoms with van der Waals surface area (Å²) in [6, 6.07) is 8.35. The standard InChI is InChI=1S/C21H29N3O2S/c1-20(2,3)15-9-7-14(8-10-15)16-13-27-19(23-16)24-17(25)11-12-22-18(26)21(4,5)6/h7-10,13H,11-12H2,1-6H3,(H,22,26)(H,23,24,25). The Morgan fingerprint density at radius 1 is 1.04 bits per heavy atom. The molecule has 0 radical (unpaired) electrons. The Hall–Kier alpha value is -2.21. The monoisotopic (exact) mass is 387 g/mol. The van der Waals surface area contributed by atoms with E-state index in [4.69, 9.17) is 0 Å². The van der Waals surface area contributed by atoms with Crippen LogP contribution in [0.4, 0.5) is 5.13 Å². The van der Waals surface area contributed by atoms with Gasteiger partial charge in [0.15, 0.2) is 5.13 Å². The van der Waals surface area contributed by atoms with Gasteiger partial charge in [-0.3, -0.25) is 9.59 Å². The lowest BCUT2D eigenvalue weighted by Crippen LogP contribution is -2.36. The number of nitrogens with one attached hydrogen (secondary N) is 2. The lowest BCUT2D eigenvalue weighted by Gasteiger charge is -2.18. The summed E-state index contributed by atoms with van der Waals surface area (Å²) in [5, 5.41) is 8.07. The number of hydrogen-bond donors (Lipinski definition) is 2. The summed E-state index contributed by atoms with van der Waals surface area (Å²) < 4.78 is 0. The molecular weight excluding hydrogens is 358 g/mol. The third-order valence-electron chi connectivity index (χ3n) is 4.12. The summed E-state index contributed by atoms with van der Waals surface area (Å²) in [5.74, 6) is -0.223. The lowest BCUT2D eigenvalue weighted by molar-refractivity contribution is -0.128. The van der Waals surface area contributed by atoms with Crippen LogP contribution >= 0.6 is 11.3 Å². The van der Waals surface area contributed by atoms with E-state index in [-0.39, 0.29) is 23.7 Å². The third kappa shape index (κ3) is 6.17. The van der Waals surface area contributed by atoms with Crippen molar-refractivity contribution in [1.29, 1.82) is 0 Å². The Balaban J connectivity index is 1.90. The van der Waals surface area contributed by atoms with Crippen molar-refractivity contribution in [3.63, 3.8) is 0 Å². The fourth-order valence-corrected chi connectivity index (χ4v) is 3.08. The van der Waals surface area contributed by atoms with Crippen LogP contribution in [0.15, 0.2) is 29.6 Å². The number of anilines is 1. The molecule has 0 unspecified atom stereocenters. The lowest BCUT2D eigenvalue weighted by atomic mass is 9.86. The van der Waals surface area contributed by atoms with Crippen molar-refractivity contribution in [3.05, 3.63) is 35.2 Å². The molecule has 6 heteroatoms. The van der Waals surface area contributed by atoms with Crippen molar-refractivity contribution in [1.82, 2.24) is 10.3 Å². The third-order valence-corrected chi connectivity index (χ3v) is 4.87. The fourth-order valence-electron chi connectivity index (χ4n) is 2.34. The van der Waals surface area contributed by atoms with Crippen molar-refractivity contribution in [3.8, 4) is 11.3 Å². The second-order valence-electron chi connectivity index (χ2n) is 8.67. The smallest absolute Gasteiger partial charge is 0.227 e. The van der Waals surface area contributed by atoms with E-state index in [0.717, 1.165) is 11.3 Å². The van der Waals surface area contributed by atoms with Crippen molar-refractivity contribution < 1.29 is 9.59 Å². The van der Waals surface area contributed by atoms with Gasteiger partial charge in [0, 0.05) is 29.3 Å². The van der Waals surface area contributed by atoms with Crippen molar-refractivity contribution in [2.75, 3.05) is 11.9 Å². The van der Waals surface area contributed by atoms with Gasteiger partial charge in [-0.15, -0.1) is 11.3 Å². The summed E-state index contributed by atoms with van der Waals surface area (Å²) in [6.45, 7) is 12.4. The zero-order valence-electron chi connectivity index (χ0n) is 17.0. The molecule has 1 heterocycles. The number of carbonyl (C=O) groups excluding carboxylic acids is 2. The van der Waals surface area contributed by atoms with E-state index < -0.39 is 5.41 Å². The van der Waals surface area contributed by atoms with Gasteiger partial charge in [0.2, 0.25) is 11.8 Å². The van der Waals surface area contributed by atoms with Crippen LogP contribution in [0.2, 0.25) is 0 Å². The molecule has 0 spiro atoms. The topological polar surface area (TPSA) is 71.1 Å². The number of thiazole rings is 1. The maximum atomic E-state index is 12.0. The number of carbonyl (C=O) groups is 2. The summed E-state index contributed by atoms with van der Waals surface area (Å²) in [6.07, 6.45) is 0.219. The Morgan fingerprint density at radius 2 is 1.67 bits per heavy atom. The molecule has 146 valence electrons. The number of rotatable bonds is 5. The first-order valence-corrected chi connectivity index (χ1v) is 9.99. The van der Waals surface area contributed by atoms with Crippen LogP contribution in [-0.2, 0) is 15.0 Å². The van der Waals surface area contributed by atoms with Crippen molar-refractivity contribution in [2.45, 2.75) is 53.4 Å². The molecule has 0 fully saturated rings. The molecule has 5 nitrogen and oxygen atoms in total. The van der Waals surface area contributed by atoms with Crippen molar-refractivity contribution in [2.24, 2.45) is 5.41 Å². The van der Waals surface area contributed by atoms with Gasteiger partial charge in [-0.05, 0) is 11.0 Å². The van der Waals surface area contributed by atoms with Crippen LogP contribution in [0, 0.1) is 5.41 Å². The molecule has 0 saturated heterocycles. The first-order valence-electron chi connectivity index (χ1n) is 9.11. The van der Waals surface area contributed by atoms with Gasteiger partial charge in [-0.2, -0.15) is 0 Å².